The third-order valence-corrected chi connectivity index (χ3v) is 3.98. The lowest BCUT2D eigenvalue weighted by Gasteiger charge is -2.29. The smallest absolute Gasteiger partial charge is 0.225 e. The molecule has 1 aromatic rings. The van der Waals surface area contributed by atoms with Gasteiger partial charge >= 0.3 is 0 Å². The van der Waals surface area contributed by atoms with E-state index in [1.54, 1.807) is 0 Å². The highest BCUT2D eigenvalue weighted by Gasteiger charge is 2.27. The molecule has 0 spiro atoms. The fraction of sp³-hybridized carbons (Fsp3) is 0.562. The summed E-state index contributed by atoms with van der Waals surface area (Å²) in [6.45, 7) is 2.76. The summed E-state index contributed by atoms with van der Waals surface area (Å²) in [5.41, 5.74) is 8.39. The van der Waals surface area contributed by atoms with Crippen LogP contribution in [0.3, 0.4) is 0 Å². The Hall–Kier alpha value is -1.35. The van der Waals surface area contributed by atoms with Crippen LogP contribution in [0.4, 0.5) is 0 Å². The minimum atomic E-state index is 0.124. The minimum Gasteiger partial charge on any atom is -0.341 e. The molecular weight excluding hydrogens is 236 g/mol. The van der Waals surface area contributed by atoms with Gasteiger partial charge in [0.15, 0.2) is 0 Å². The summed E-state index contributed by atoms with van der Waals surface area (Å²) in [6, 6.07) is 8.56. The Morgan fingerprint density at radius 1 is 1.32 bits per heavy atom. The number of hydrogen-bond donors (Lipinski definition) is 1. The van der Waals surface area contributed by atoms with E-state index in [0.717, 1.165) is 25.7 Å². The molecule has 104 valence electrons. The standard InChI is InChI=1S/C16H24N2O/c1-12-6-8-13(9-7-12)11-18(2)16(19)14-4-3-5-15(17)10-14/h6-9,14-15H,3-5,10-11,17H2,1-2H3. The molecule has 0 aliphatic heterocycles. The van der Waals surface area contributed by atoms with Crippen molar-refractivity contribution >= 4 is 5.91 Å². The van der Waals surface area contributed by atoms with Crippen molar-refractivity contribution in [3.63, 3.8) is 0 Å². The van der Waals surface area contributed by atoms with Gasteiger partial charge in [0.25, 0.3) is 0 Å². The first-order valence-corrected chi connectivity index (χ1v) is 7.12. The molecule has 0 heterocycles. The van der Waals surface area contributed by atoms with Crippen molar-refractivity contribution < 1.29 is 4.79 Å². The summed E-state index contributed by atoms with van der Waals surface area (Å²) in [5.74, 6) is 0.370. The summed E-state index contributed by atoms with van der Waals surface area (Å²) in [7, 11) is 1.89. The van der Waals surface area contributed by atoms with E-state index in [4.69, 9.17) is 5.73 Å². The molecule has 1 aliphatic rings. The zero-order valence-corrected chi connectivity index (χ0v) is 11.9. The molecule has 3 heteroatoms. The van der Waals surface area contributed by atoms with Crippen LogP contribution in [-0.4, -0.2) is 23.9 Å². The molecule has 3 nitrogen and oxygen atoms in total. The van der Waals surface area contributed by atoms with Crippen LogP contribution in [0.15, 0.2) is 24.3 Å². The van der Waals surface area contributed by atoms with Crippen LogP contribution in [-0.2, 0) is 11.3 Å². The quantitative estimate of drug-likeness (QED) is 0.907. The zero-order valence-electron chi connectivity index (χ0n) is 11.9. The largest absolute Gasteiger partial charge is 0.341 e. The van der Waals surface area contributed by atoms with Crippen LogP contribution in [0.2, 0.25) is 0 Å². The van der Waals surface area contributed by atoms with Gasteiger partial charge in [0.05, 0.1) is 0 Å². The lowest BCUT2D eigenvalue weighted by molar-refractivity contribution is -0.135. The maximum Gasteiger partial charge on any atom is 0.225 e. The third-order valence-electron chi connectivity index (χ3n) is 3.98. The van der Waals surface area contributed by atoms with E-state index in [9.17, 15) is 4.79 Å². The number of aryl methyl sites for hydroxylation is 1. The Kier molecular flexibility index (Phi) is 4.59. The van der Waals surface area contributed by atoms with Gasteiger partial charge in [-0.05, 0) is 31.7 Å². The number of hydrogen-bond acceptors (Lipinski definition) is 2. The molecule has 1 amide bonds. The Balaban J connectivity index is 1.93. The van der Waals surface area contributed by atoms with Gasteiger partial charge in [0, 0.05) is 25.6 Å². The molecule has 0 aromatic heterocycles. The van der Waals surface area contributed by atoms with Gasteiger partial charge in [-0.25, -0.2) is 0 Å². The van der Waals surface area contributed by atoms with Crippen LogP contribution >= 0.6 is 0 Å². The first-order valence-electron chi connectivity index (χ1n) is 7.12. The van der Waals surface area contributed by atoms with Gasteiger partial charge in [-0.15, -0.1) is 0 Å². The summed E-state index contributed by atoms with van der Waals surface area (Å²) >= 11 is 0. The Morgan fingerprint density at radius 2 is 2.00 bits per heavy atom. The van der Waals surface area contributed by atoms with E-state index < -0.39 is 0 Å². The van der Waals surface area contributed by atoms with Crippen LogP contribution in [0.5, 0.6) is 0 Å². The first kappa shape index (κ1) is 14.1. The van der Waals surface area contributed by atoms with E-state index in [1.807, 2.05) is 11.9 Å². The van der Waals surface area contributed by atoms with Gasteiger partial charge in [-0.1, -0.05) is 36.2 Å². The Bertz CT molecular complexity index is 427. The van der Waals surface area contributed by atoms with Gasteiger partial charge in [0.1, 0.15) is 0 Å². The number of nitrogens with two attached hydrogens (primary N) is 1. The Labute approximate surface area is 115 Å². The summed E-state index contributed by atoms with van der Waals surface area (Å²) < 4.78 is 0. The number of nitrogens with zero attached hydrogens (tertiary/aromatic N) is 1. The van der Waals surface area contributed by atoms with E-state index in [-0.39, 0.29) is 17.9 Å². The molecule has 19 heavy (non-hydrogen) atoms. The average molecular weight is 260 g/mol. The summed E-state index contributed by atoms with van der Waals surface area (Å²) in [4.78, 5) is 14.2. The first-order chi connectivity index (χ1) is 9.06. The van der Waals surface area contributed by atoms with Crippen molar-refractivity contribution in [3.8, 4) is 0 Å². The molecule has 1 aromatic carbocycles. The van der Waals surface area contributed by atoms with E-state index >= 15 is 0 Å². The molecular formula is C16H24N2O. The molecule has 1 fully saturated rings. The number of carbonyl (C=O) groups is 1. The molecule has 2 rings (SSSR count). The lowest BCUT2D eigenvalue weighted by atomic mass is 9.85. The highest BCUT2D eigenvalue weighted by atomic mass is 16.2. The highest BCUT2D eigenvalue weighted by Crippen LogP contribution is 2.25. The van der Waals surface area contributed by atoms with Gasteiger partial charge < -0.3 is 10.6 Å². The zero-order chi connectivity index (χ0) is 13.8. The van der Waals surface area contributed by atoms with Crippen molar-refractivity contribution in [3.05, 3.63) is 35.4 Å². The molecule has 0 bridgehead atoms. The number of rotatable bonds is 3. The third kappa shape index (κ3) is 3.80. The fourth-order valence-corrected chi connectivity index (χ4v) is 2.81. The normalized spacial score (nSPS) is 23.1. The van der Waals surface area contributed by atoms with Crippen molar-refractivity contribution in [2.45, 2.75) is 45.2 Å². The number of amides is 1. The van der Waals surface area contributed by atoms with Crippen LogP contribution in [0.1, 0.15) is 36.8 Å². The summed E-state index contributed by atoms with van der Waals surface area (Å²) in [5, 5.41) is 0. The maximum absolute atomic E-state index is 12.4. The van der Waals surface area contributed by atoms with E-state index in [0.29, 0.717) is 6.54 Å². The van der Waals surface area contributed by atoms with Gasteiger partial charge in [-0.2, -0.15) is 0 Å². The van der Waals surface area contributed by atoms with Crippen LogP contribution in [0.25, 0.3) is 0 Å². The molecule has 2 atom stereocenters. The topological polar surface area (TPSA) is 46.3 Å². The molecule has 1 aliphatic carbocycles. The predicted molar refractivity (Wildman–Crippen MR) is 77.6 cm³/mol. The van der Waals surface area contributed by atoms with Crippen molar-refractivity contribution in [2.75, 3.05) is 7.05 Å². The van der Waals surface area contributed by atoms with Gasteiger partial charge in [0.2, 0.25) is 5.91 Å². The highest BCUT2D eigenvalue weighted by molar-refractivity contribution is 5.78. The average Bonchev–Trinajstić information content (AvgIpc) is 2.40. The molecule has 2 N–H and O–H groups in total. The lowest BCUT2D eigenvalue weighted by Crippen LogP contribution is -2.38. The second kappa shape index (κ2) is 6.20. The number of carbonyl (C=O) groups excluding carboxylic acids is 1. The summed E-state index contributed by atoms with van der Waals surface area (Å²) in [6.07, 6.45) is 3.98. The second-order valence-electron chi connectivity index (χ2n) is 5.80. The maximum atomic E-state index is 12.4. The monoisotopic (exact) mass is 260 g/mol. The molecule has 2 unspecified atom stereocenters. The molecule has 0 radical (unpaired) electrons. The van der Waals surface area contributed by atoms with E-state index in [2.05, 4.69) is 31.2 Å². The molecule has 0 saturated heterocycles. The van der Waals surface area contributed by atoms with E-state index in [1.165, 1.54) is 11.1 Å². The van der Waals surface area contributed by atoms with Crippen LogP contribution in [0, 0.1) is 12.8 Å². The van der Waals surface area contributed by atoms with Crippen molar-refractivity contribution in [1.82, 2.24) is 4.90 Å². The minimum absolute atomic E-state index is 0.124. The van der Waals surface area contributed by atoms with Crippen molar-refractivity contribution in [1.29, 1.82) is 0 Å². The van der Waals surface area contributed by atoms with Gasteiger partial charge in [-0.3, -0.25) is 4.79 Å². The SMILES string of the molecule is Cc1ccc(CN(C)C(=O)C2CCCC(N)C2)cc1. The second-order valence-corrected chi connectivity index (χ2v) is 5.80. The number of benzene rings is 1. The van der Waals surface area contributed by atoms with Crippen molar-refractivity contribution in [2.24, 2.45) is 11.7 Å². The Morgan fingerprint density at radius 3 is 2.63 bits per heavy atom. The molecule has 1 saturated carbocycles. The van der Waals surface area contributed by atoms with Crippen LogP contribution < -0.4 is 5.73 Å². The fourth-order valence-electron chi connectivity index (χ4n) is 2.81. The predicted octanol–water partition coefficient (Wildman–Crippen LogP) is 2.47.